The fraction of sp³-hybridized carbons (Fsp3) is 0.848. The Balaban J connectivity index is 1.93. The molecule has 0 spiro atoms. The fourth-order valence-corrected chi connectivity index (χ4v) is 5.05. The number of nitrogens with zero attached hydrogens (tertiary/aromatic N) is 2. The Morgan fingerprint density at radius 1 is 0.590 bits per heavy atom. The molecule has 1 rings (SSSR count). The van der Waals surface area contributed by atoms with Gasteiger partial charge >= 0.3 is 0 Å². The van der Waals surface area contributed by atoms with Crippen LogP contribution in [0.25, 0.3) is 0 Å². The molecule has 0 aliphatic heterocycles. The normalized spacial score (nSPS) is 11.1. The van der Waals surface area contributed by atoms with Crippen molar-refractivity contribution in [1.82, 2.24) is 15.2 Å². The van der Waals surface area contributed by atoms with Gasteiger partial charge in [0.15, 0.2) is 0 Å². The number of imidazole rings is 1. The zero-order chi connectivity index (χ0) is 28.2. The standard InChI is InChI=1S/C33H62N4O2/c1-3-5-7-9-11-13-15-17-19-23-32(38)34-25-21-27-36-29-30-37(31-36)28-22-26-35-33(39)24-20-18-16-14-12-10-8-6-4-2/h29-31H,3-28H2,1-2H3,(H-,34,35,38,39)/p+1. The SMILES string of the molecule is CCCCCCCCCCCC(=O)NCCCn1cc[n+](CCCNC(=O)CCCCCCCCCCC)c1. The second-order valence-electron chi connectivity index (χ2n) is 11.5. The number of amides is 2. The molecule has 1 aromatic heterocycles. The summed E-state index contributed by atoms with van der Waals surface area (Å²) >= 11 is 0. The molecule has 2 N–H and O–H groups in total. The van der Waals surface area contributed by atoms with Gasteiger partial charge in [-0.25, -0.2) is 9.13 Å². The van der Waals surface area contributed by atoms with E-state index in [0.717, 1.165) is 51.9 Å². The van der Waals surface area contributed by atoms with E-state index in [0.29, 0.717) is 12.8 Å². The molecule has 6 nitrogen and oxygen atoms in total. The van der Waals surface area contributed by atoms with Crippen molar-refractivity contribution < 1.29 is 14.2 Å². The zero-order valence-electron chi connectivity index (χ0n) is 25.8. The van der Waals surface area contributed by atoms with Crippen molar-refractivity contribution in [3.8, 4) is 0 Å². The molecule has 2 amide bonds. The third-order valence-electron chi connectivity index (χ3n) is 7.59. The fourth-order valence-electron chi connectivity index (χ4n) is 5.05. The maximum Gasteiger partial charge on any atom is 0.243 e. The van der Waals surface area contributed by atoms with Crippen molar-refractivity contribution in [3.63, 3.8) is 0 Å². The van der Waals surface area contributed by atoms with Crippen LogP contribution < -0.4 is 15.2 Å². The summed E-state index contributed by atoms with van der Waals surface area (Å²) in [7, 11) is 0. The molecular formula is C33H63N4O2+. The number of unbranched alkanes of at least 4 members (excludes halogenated alkanes) is 16. The highest BCUT2D eigenvalue weighted by molar-refractivity contribution is 5.76. The average Bonchev–Trinajstić information content (AvgIpc) is 3.39. The minimum Gasteiger partial charge on any atom is -0.356 e. The molecule has 1 heterocycles. The molecular weight excluding hydrogens is 484 g/mol. The van der Waals surface area contributed by atoms with Crippen molar-refractivity contribution >= 4 is 11.8 Å². The number of aromatic nitrogens is 2. The summed E-state index contributed by atoms with van der Waals surface area (Å²) in [4.78, 5) is 24.1. The number of hydrogen-bond acceptors (Lipinski definition) is 2. The van der Waals surface area contributed by atoms with Gasteiger partial charge in [0.25, 0.3) is 0 Å². The molecule has 0 aliphatic rings. The molecule has 0 aromatic carbocycles. The predicted molar refractivity (Wildman–Crippen MR) is 164 cm³/mol. The first-order chi connectivity index (χ1) is 19.2. The molecule has 0 atom stereocenters. The second-order valence-corrected chi connectivity index (χ2v) is 11.5. The van der Waals surface area contributed by atoms with Gasteiger partial charge in [-0.15, -0.1) is 0 Å². The monoisotopic (exact) mass is 547 g/mol. The predicted octanol–water partition coefficient (Wildman–Crippen LogP) is 7.63. The van der Waals surface area contributed by atoms with Crippen molar-refractivity contribution in [2.75, 3.05) is 13.1 Å². The van der Waals surface area contributed by atoms with Gasteiger partial charge in [0, 0.05) is 38.8 Å². The number of nitrogens with one attached hydrogen (secondary N) is 2. The van der Waals surface area contributed by atoms with E-state index in [-0.39, 0.29) is 11.8 Å². The van der Waals surface area contributed by atoms with Crippen LogP contribution in [0.4, 0.5) is 0 Å². The third kappa shape index (κ3) is 22.6. The van der Waals surface area contributed by atoms with Gasteiger partial charge in [-0.2, -0.15) is 0 Å². The lowest BCUT2D eigenvalue weighted by Crippen LogP contribution is -2.34. The summed E-state index contributed by atoms with van der Waals surface area (Å²) < 4.78 is 4.35. The number of aryl methyl sites for hydroxylation is 2. The Morgan fingerprint density at radius 3 is 1.51 bits per heavy atom. The average molecular weight is 548 g/mol. The second kappa shape index (κ2) is 26.4. The summed E-state index contributed by atoms with van der Waals surface area (Å²) in [5.41, 5.74) is 0. The van der Waals surface area contributed by atoms with E-state index >= 15 is 0 Å². The van der Waals surface area contributed by atoms with Crippen LogP contribution in [0.3, 0.4) is 0 Å². The van der Waals surface area contributed by atoms with Gasteiger partial charge in [0.1, 0.15) is 12.4 Å². The smallest absolute Gasteiger partial charge is 0.243 e. The van der Waals surface area contributed by atoms with Crippen molar-refractivity contribution in [1.29, 1.82) is 0 Å². The van der Waals surface area contributed by atoms with E-state index in [4.69, 9.17) is 0 Å². The van der Waals surface area contributed by atoms with Crippen LogP contribution in [0.2, 0.25) is 0 Å². The summed E-state index contributed by atoms with van der Waals surface area (Å²) in [6, 6.07) is 0. The van der Waals surface area contributed by atoms with Crippen LogP contribution >= 0.6 is 0 Å². The van der Waals surface area contributed by atoms with Crippen LogP contribution in [0.1, 0.15) is 155 Å². The maximum absolute atomic E-state index is 12.0. The zero-order valence-corrected chi connectivity index (χ0v) is 25.8. The number of hydrogen-bond donors (Lipinski definition) is 2. The minimum atomic E-state index is 0.195. The maximum atomic E-state index is 12.0. The quantitative estimate of drug-likeness (QED) is 0.0836. The largest absolute Gasteiger partial charge is 0.356 e. The lowest BCUT2D eigenvalue weighted by Gasteiger charge is -2.05. The van der Waals surface area contributed by atoms with Crippen LogP contribution in [0, 0.1) is 0 Å². The molecule has 0 saturated carbocycles. The van der Waals surface area contributed by atoms with E-state index in [1.807, 2.05) is 0 Å². The molecule has 39 heavy (non-hydrogen) atoms. The molecule has 0 bridgehead atoms. The van der Waals surface area contributed by atoms with Crippen molar-refractivity contribution in [3.05, 3.63) is 18.7 Å². The molecule has 0 saturated heterocycles. The highest BCUT2D eigenvalue weighted by Gasteiger charge is 2.06. The molecule has 0 unspecified atom stereocenters. The first kappa shape index (κ1) is 35.2. The summed E-state index contributed by atoms with van der Waals surface area (Å²) in [6.45, 7) is 7.79. The topological polar surface area (TPSA) is 67.0 Å². The first-order valence-corrected chi connectivity index (χ1v) is 16.7. The number of rotatable bonds is 28. The van der Waals surface area contributed by atoms with E-state index in [2.05, 4.69) is 52.3 Å². The van der Waals surface area contributed by atoms with E-state index in [1.165, 1.54) is 103 Å². The molecule has 0 aliphatic carbocycles. The van der Waals surface area contributed by atoms with E-state index in [9.17, 15) is 9.59 Å². The summed E-state index contributed by atoms with van der Waals surface area (Å²) in [5, 5.41) is 6.14. The van der Waals surface area contributed by atoms with Gasteiger partial charge in [-0.05, 0) is 12.8 Å². The highest BCUT2D eigenvalue weighted by atomic mass is 16.2. The molecule has 6 heteroatoms. The summed E-state index contributed by atoms with van der Waals surface area (Å²) in [5.74, 6) is 0.390. The number of carbonyl (C=O) groups excluding carboxylic acids is 2. The van der Waals surface area contributed by atoms with Crippen LogP contribution in [0.5, 0.6) is 0 Å². The molecule has 1 aromatic rings. The van der Waals surface area contributed by atoms with Crippen LogP contribution in [-0.4, -0.2) is 29.5 Å². The third-order valence-corrected chi connectivity index (χ3v) is 7.59. The van der Waals surface area contributed by atoms with Gasteiger partial charge in [-0.3, -0.25) is 9.59 Å². The Morgan fingerprint density at radius 2 is 1.03 bits per heavy atom. The molecule has 0 radical (unpaired) electrons. The van der Waals surface area contributed by atoms with E-state index < -0.39 is 0 Å². The molecule has 0 fully saturated rings. The van der Waals surface area contributed by atoms with Crippen molar-refractivity contribution in [2.24, 2.45) is 0 Å². The van der Waals surface area contributed by atoms with Crippen LogP contribution in [0.15, 0.2) is 18.7 Å². The minimum absolute atomic E-state index is 0.195. The van der Waals surface area contributed by atoms with Crippen LogP contribution in [-0.2, 0) is 22.7 Å². The van der Waals surface area contributed by atoms with E-state index in [1.54, 1.807) is 0 Å². The first-order valence-electron chi connectivity index (χ1n) is 16.7. The van der Waals surface area contributed by atoms with Gasteiger partial charge < -0.3 is 10.6 Å². The van der Waals surface area contributed by atoms with Crippen molar-refractivity contribution in [2.45, 2.75) is 168 Å². The Hall–Kier alpha value is -1.85. The number of carbonyl (C=O) groups is 2. The van der Waals surface area contributed by atoms with Gasteiger partial charge in [-0.1, -0.05) is 117 Å². The lowest BCUT2D eigenvalue weighted by molar-refractivity contribution is -0.696. The Labute approximate surface area is 241 Å². The Bertz CT molecular complexity index is 647. The summed E-state index contributed by atoms with van der Waals surface area (Å²) in [6.07, 6.45) is 32.6. The highest BCUT2D eigenvalue weighted by Crippen LogP contribution is 2.11. The lowest BCUT2D eigenvalue weighted by atomic mass is 10.1. The van der Waals surface area contributed by atoms with Gasteiger partial charge in [0.05, 0.1) is 13.1 Å². The van der Waals surface area contributed by atoms with Gasteiger partial charge in [0.2, 0.25) is 18.1 Å². The Kier molecular flexibility index (Phi) is 23.8. The molecule has 226 valence electrons.